The maximum Gasteiger partial charge on any atom is 0.0826 e. The van der Waals surface area contributed by atoms with E-state index in [4.69, 9.17) is 4.74 Å². The Balaban J connectivity index is 1.40. The summed E-state index contributed by atoms with van der Waals surface area (Å²) in [5, 5.41) is 3.53. The van der Waals surface area contributed by atoms with Crippen molar-refractivity contribution in [3.05, 3.63) is 29.8 Å². The van der Waals surface area contributed by atoms with Crippen LogP contribution in [0.2, 0.25) is 0 Å². The molecule has 1 atom stereocenters. The molecule has 2 fully saturated rings. The smallest absolute Gasteiger partial charge is 0.0826 e. The van der Waals surface area contributed by atoms with E-state index in [-0.39, 0.29) is 0 Å². The fourth-order valence-corrected chi connectivity index (χ4v) is 3.17. The summed E-state index contributed by atoms with van der Waals surface area (Å²) in [6, 6.07) is 9.65. The molecule has 0 bridgehead atoms. The molecular weight excluding hydrogens is 268 g/mol. The van der Waals surface area contributed by atoms with E-state index in [9.17, 15) is 0 Å². The van der Waals surface area contributed by atoms with Crippen LogP contribution in [-0.2, 0) is 11.3 Å². The van der Waals surface area contributed by atoms with E-state index in [0.717, 1.165) is 38.8 Å². The third-order valence-corrected chi connectivity index (χ3v) is 4.84. The molecule has 3 nitrogen and oxygen atoms in total. The maximum absolute atomic E-state index is 5.85. The van der Waals surface area contributed by atoms with Crippen molar-refractivity contribution in [2.24, 2.45) is 0 Å². The van der Waals surface area contributed by atoms with Crippen LogP contribution in [0, 0.1) is 0 Å². The number of nitrogens with one attached hydrogen (secondary N) is 1. The molecule has 110 valence electrons. The van der Waals surface area contributed by atoms with Crippen molar-refractivity contribution in [1.29, 1.82) is 0 Å². The standard InChI is InChI=1S/C16H24N2OS/c1-20-16-6-2-13(3-7-16)10-17-11-15-12-18(8-9-19-15)14-4-5-14/h2-3,6-7,14-15,17H,4-5,8-12H2,1H3. The van der Waals surface area contributed by atoms with Crippen molar-refractivity contribution < 1.29 is 4.74 Å². The molecule has 2 aliphatic rings. The second kappa shape index (κ2) is 6.94. The van der Waals surface area contributed by atoms with Gasteiger partial charge >= 0.3 is 0 Å². The number of thioether (sulfide) groups is 1. The van der Waals surface area contributed by atoms with Crippen molar-refractivity contribution >= 4 is 11.8 Å². The Labute approximate surface area is 126 Å². The van der Waals surface area contributed by atoms with Gasteiger partial charge in [0.2, 0.25) is 0 Å². The van der Waals surface area contributed by atoms with Gasteiger partial charge in [0.15, 0.2) is 0 Å². The zero-order chi connectivity index (χ0) is 13.8. The van der Waals surface area contributed by atoms with E-state index in [1.165, 1.54) is 23.3 Å². The topological polar surface area (TPSA) is 24.5 Å². The van der Waals surface area contributed by atoms with Gasteiger partial charge in [-0.1, -0.05) is 12.1 Å². The average Bonchev–Trinajstić information content (AvgIpc) is 3.33. The highest BCUT2D eigenvalue weighted by atomic mass is 32.2. The van der Waals surface area contributed by atoms with Gasteiger partial charge < -0.3 is 10.1 Å². The molecule has 20 heavy (non-hydrogen) atoms. The average molecular weight is 292 g/mol. The molecule has 4 heteroatoms. The number of hydrogen-bond acceptors (Lipinski definition) is 4. The van der Waals surface area contributed by atoms with Gasteiger partial charge in [-0.2, -0.15) is 0 Å². The van der Waals surface area contributed by atoms with E-state index in [2.05, 4.69) is 40.7 Å². The van der Waals surface area contributed by atoms with Crippen LogP contribution in [0.4, 0.5) is 0 Å². The van der Waals surface area contributed by atoms with Gasteiger partial charge in [-0.3, -0.25) is 4.90 Å². The summed E-state index contributed by atoms with van der Waals surface area (Å²) in [6.45, 7) is 5.00. The Morgan fingerprint density at radius 2 is 2.10 bits per heavy atom. The van der Waals surface area contributed by atoms with Crippen LogP contribution < -0.4 is 5.32 Å². The molecule has 1 saturated heterocycles. The Morgan fingerprint density at radius 3 is 2.80 bits per heavy atom. The Kier molecular flexibility index (Phi) is 4.99. The van der Waals surface area contributed by atoms with Crippen LogP contribution in [0.5, 0.6) is 0 Å². The van der Waals surface area contributed by atoms with E-state index in [1.807, 2.05) is 0 Å². The molecule has 0 radical (unpaired) electrons. The third-order valence-electron chi connectivity index (χ3n) is 4.09. The lowest BCUT2D eigenvalue weighted by Crippen LogP contribution is -2.47. The van der Waals surface area contributed by atoms with Gasteiger partial charge in [0.05, 0.1) is 12.7 Å². The molecule has 3 rings (SSSR count). The van der Waals surface area contributed by atoms with Crippen LogP contribution in [0.15, 0.2) is 29.2 Å². The molecule has 1 aromatic carbocycles. The van der Waals surface area contributed by atoms with Crippen molar-refractivity contribution in [2.75, 3.05) is 32.5 Å². The summed E-state index contributed by atoms with van der Waals surface area (Å²) in [5.74, 6) is 0. The monoisotopic (exact) mass is 292 g/mol. The third kappa shape index (κ3) is 3.98. The number of hydrogen-bond donors (Lipinski definition) is 1. The molecule has 1 aliphatic carbocycles. The summed E-state index contributed by atoms with van der Waals surface area (Å²) in [5.41, 5.74) is 1.35. The van der Waals surface area contributed by atoms with E-state index in [1.54, 1.807) is 11.8 Å². The zero-order valence-electron chi connectivity index (χ0n) is 12.2. The van der Waals surface area contributed by atoms with Crippen LogP contribution in [-0.4, -0.2) is 49.5 Å². The van der Waals surface area contributed by atoms with E-state index in [0.29, 0.717) is 6.10 Å². The molecule has 1 unspecified atom stereocenters. The van der Waals surface area contributed by atoms with Crippen molar-refractivity contribution in [1.82, 2.24) is 10.2 Å². The van der Waals surface area contributed by atoms with Crippen molar-refractivity contribution in [2.45, 2.75) is 36.4 Å². The second-order valence-corrected chi connectivity index (χ2v) is 6.58. The van der Waals surface area contributed by atoms with Crippen LogP contribution in [0.1, 0.15) is 18.4 Å². The van der Waals surface area contributed by atoms with E-state index >= 15 is 0 Å². The first-order chi connectivity index (χ1) is 9.85. The molecule has 1 aliphatic heterocycles. The van der Waals surface area contributed by atoms with Gasteiger partial charge in [0.25, 0.3) is 0 Å². The van der Waals surface area contributed by atoms with Gasteiger partial charge in [-0.15, -0.1) is 11.8 Å². The molecule has 1 aromatic rings. The van der Waals surface area contributed by atoms with Gasteiger partial charge in [-0.05, 0) is 36.8 Å². The summed E-state index contributed by atoms with van der Waals surface area (Å²) in [7, 11) is 0. The van der Waals surface area contributed by atoms with Crippen LogP contribution >= 0.6 is 11.8 Å². The molecule has 1 N–H and O–H groups in total. The lowest BCUT2D eigenvalue weighted by molar-refractivity contribution is -0.0301. The van der Waals surface area contributed by atoms with Gasteiger partial charge in [0, 0.05) is 37.1 Å². The highest BCUT2D eigenvalue weighted by Gasteiger charge is 2.32. The summed E-state index contributed by atoms with van der Waals surface area (Å²) >= 11 is 1.79. The summed E-state index contributed by atoms with van der Waals surface area (Å²) in [4.78, 5) is 3.92. The zero-order valence-corrected chi connectivity index (χ0v) is 13.0. The largest absolute Gasteiger partial charge is 0.374 e. The van der Waals surface area contributed by atoms with E-state index < -0.39 is 0 Å². The minimum absolute atomic E-state index is 0.356. The maximum atomic E-state index is 5.85. The quantitative estimate of drug-likeness (QED) is 0.814. The number of benzene rings is 1. The minimum Gasteiger partial charge on any atom is -0.374 e. The second-order valence-electron chi connectivity index (χ2n) is 5.70. The number of nitrogens with zero attached hydrogens (tertiary/aromatic N) is 1. The van der Waals surface area contributed by atoms with Crippen LogP contribution in [0.3, 0.4) is 0 Å². The molecule has 1 heterocycles. The number of rotatable bonds is 6. The molecule has 0 amide bonds. The molecule has 1 saturated carbocycles. The Morgan fingerprint density at radius 1 is 1.30 bits per heavy atom. The number of morpholine rings is 1. The lowest BCUT2D eigenvalue weighted by atomic mass is 10.2. The van der Waals surface area contributed by atoms with Crippen LogP contribution in [0.25, 0.3) is 0 Å². The molecular formula is C16H24N2OS. The van der Waals surface area contributed by atoms with Crippen molar-refractivity contribution in [3.63, 3.8) is 0 Å². The van der Waals surface area contributed by atoms with Gasteiger partial charge in [-0.25, -0.2) is 0 Å². The Hall–Kier alpha value is -0.550. The highest BCUT2D eigenvalue weighted by molar-refractivity contribution is 7.98. The first kappa shape index (κ1) is 14.4. The fourth-order valence-electron chi connectivity index (χ4n) is 2.76. The molecule has 0 spiro atoms. The normalized spacial score (nSPS) is 23.9. The summed E-state index contributed by atoms with van der Waals surface area (Å²) in [6.07, 6.45) is 5.25. The predicted molar refractivity (Wildman–Crippen MR) is 84.3 cm³/mol. The minimum atomic E-state index is 0.356. The SMILES string of the molecule is CSc1ccc(CNCC2CN(C3CC3)CCO2)cc1. The first-order valence-corrected chi connectivity index (χ1v) is 8.77. The predicted octanol–water partition coefficient (Wildman–Crippen LogP) is 2.36. The number of ether oxygens (including phenoxy) is 1. The van der Waals surface area contributed by atoms with Gasteiger partial charge in [0.1, 0.15) is 0 Å². The Bertz CT molecular complexity index is 419. The molecule has 0 aromatic heterocycles. The highest BCUT2D eigenvalue weighted by Crippen LogP contribution is 2.28. The first-order valence-electron chi connectivity index (χ1n) is 7.54. The summed E-state index contributed by atoms with van der Waals surface area (Å²) < 4.78 is 5.85. The van der Waals surface area contributed by atoms with Crippen molar-refractivity contribution in [3.8, 4) is 0 Å². The lowest BCUT2D eigenvalue weighted by Gasteiger charge is -2.33. The fraction of sp³-hybridized carbons (Fsp3) is 0.625.